The quantitative estimate of drug-likeness (QED) is 0.688. The van der Waals surface area contributed by atoms with Gasteiger partial charge in [-0.3, -0.25) is 4.79 Å². The minimum atomic E-state index is -1.18. The van der Waals surface area contributed by atoms with E-state index in [0.29, 0.717) is 36.0 Å². The lowest BCUT2D eigenvalue weighted by molar-refractivity contribution is -0.131. The summed E-state index contributed by atoms with van der Waals surface area (Å²) in [5.41, 5.74) is 2.87. The first kappa shape index (κ1) is 16.6. The van der Waals surface area contributed by atoms with Crippen LogP contribution in [-0.4, -0.2) is 39.6 Å². The molecule has 0 saturated carbocycles. The number of carboxylic acid groups (broad SMARTS) is 1. The van der Waals surface area contributed by atoms with Gasteiger partial charge in [0.25, 0.3) is 0 Å². The number of anilines is 1. The maximum atomic E-state index is 11.7. The molecular formula is C19H15N3O5. The van der Waals surface area contributed by atoms with Crippen molar-refractivity contribution in [3.8, 4) is 22.8 Å². The van der Waals surface area contributed by atoms with Gasteiger partial charge in [0.15, 0.2) is 11.5 Å². The molecule has 8 heteroatoms. The van der Waals surface area contributed by atoms with Crippen molar-refractivity contribution in [2.45, 2.75) is 0 Å². The Labute approximate surface area is 153 Å². The predicted octanol–water partition coefficient (Wildman–Crippen LogP) is 2.35. The number of imidazole rings is 1. The highest BCUT2D eigenvalue weighted by Crippen LogP contribution is 2.34. The summed E-state index contributed by atoms with van der Waals surface area (Å²) < 4.78 is 12.9. The summed E-state index contributed by atoms with van der Waals surface area (Å²) in [6.07, 6.45) is 5.28. The van der Waals surface area contributed by atoms with E-state index in [0.717, 1.165) is 23.4 Å². The number of carbonyl (C=O) groups is 2. The van der Waals surface area contributed by atoms with Gasteiger partial charge in [0, 0.05) is 30.1 Å². The molecule has 0 fully saturated rings. The van der Waals surface area contributed by atoms with E-state index in [4.69, 9.17) is 14.6 Å². The molecule has 0 aliphatic carbocycles. The number of aromatic nitrogens is 2. The lowest BCUT2D eigenvalue weighted by atomic mass is 10.1. The molecular weight excluding hydrogens is 350 g/mol. The number of rotatable bonds is 4. The molecule has 4 rings (SSSR count). The van der Waals surface area contributed by atoms with Crippen LogP contribution in [0.2, 0.25) is 0 Å². The van der Waals surface area contributed by atoms with Crippen LogP contribution in [0.25, 0.3) is 16.9 Å². The van der Waals surface area contributed by atoms with Crippen LogP contribution in [0.5, 0.6) is 11.5 Å². The predicted molar refractivity (Wildman–Crippen MR) is 97.0 cm³/mol. The summed E-state index contributed by atoms with van der Waals surface area (Å²) >= 11 is 0. The molecule has 1 aliphatic heterocycles. The standard InChI is InChI=1S/C19H15N3O5/c23-18(5-6-19(24)25)20-13-2-4-17-21-14(11-22(17)10-13)12-1-3-15-16(9-12)27-8-7-26-15/h1-6,9-11H,7-8H2,(H,20,23)(H,24,25)/b6-5+. The first-order chi connectivity index (χ1) is 13.1. The molecule has 1 aromatic carbocycles. The van der Waals surface area contributed by atoms with Crippen LogP contribution in [0.3, 0.4) is 0 Å². The van der Waals surface area contributed by atoms with Gasteiger partial charge >= 0.3 is 5.97 Å². The molecule has 0 unspecified atom stereocenters. The number of hydrogen-bond donors (Lipinski definition) is 2. The van der Waals surface area contributed by atoms with Gasteiger partial charge in [-0.15, -0.1) is 0 Å². The number of hydrogen-bond acceptors (Lipinski definition) is 5. The van der Waals surface area contributed by atoms with E-state index in [2.05, 4.69) is 10.3 Å². The Hall–Kier alpha value is -3.81. The molecule has 2 aromatic heterocycles. The number of ether oxygens (including phenoxy) is 2. The molecule has 0 radical (unpaired) electrons. The number of nitrogens with zero attached hydrogens (tertiary/aromatic N) is 2. The second-order valence-electron chi connectivity index (χ2n) is 5.83. The summed E-state index contributed by atoms with van der Waals surface area (Å²) in [5, 5.41) is 11.2. The average molecular weight is 365 g/mol. The minimum Gasteiger partial charge on any atom is -0.486 e. The summed E-state index contributed by atoms with van der Waals surface area (Å²) in [5.74, 6) is -0.301. The second kappa shape index (κ2) is 6.83. The third kappa shape index (κ3) is 3.59. The number of fused-ring (bicyclic) bond motifs is 2. The van der Waals surface area contributed by atoms with Crippen molar-refractivity contribution in [3.63, 3.8) is 0 Å². The number of benzene rings is 1. The fourth-order valence-electron chi connectivity index (χ4n) is 2.74. The van der Waals surface area contributed by atoms with Crippen LogP contribution in [0.4, 0.5) is 5.69 Å². The first-order valence-electron chi connectivity index (χ1n) is 8.19. The molecule has 0 bridgehead atoms. The molecule has 136 valence electrons. The van der Waals surface area contributed by atoms with Gasteiger partial charge in [-0.25, -0.2) is 9.78 Å². The Morgan fingerprint density at radius 3 is 2.70 bits per heavy atom. The van der Waals surface area contributed by atoms with Gasteiger partial charge in [0.2, 0.25) is 5.91 Å². The Morgan fingerprint density at radius 2 is 1.89 bits per heavy atom. The molecule has 0 saturated heterocycles. The van der Waals surface area contributed by atoms with E-state index in [1.807, 2.05) is 24.4 Å². The van der Waals surface area contributed by atoms with Crippen LogP contribution in [0, 0.1) is 0 Å². The smallest absolute Gasteiger partial charge is 0.328 e. The van der Waals surface area contributed by atoms with Gasteiger partial charge in [0.1, 0.15) is 18.9 Å². The van der Waals surface area contributed by atoms with E-state index < -0.39 is 11.9 Å². The van der Waals surface area contributed by atoms with Gasteiger partial charge in [-0.2, -0.15) is 0 Å². The largest absolute Gasteiger partial charge is 0.486 e. The van der Waals surface area contributed by atoms with Crippen molar-refractivity contribution in [1.82, 2.24) is 9.38 Å². The van der Waals surface area contributed by atoms with Gasteiger partial charge in [-0.05, 0) is 30.3 Å². The molecule has 0 atom stereocenters. The number of carbonyl (C=O) groups excluding carboxylic acids is 1. The lowest BCUT2D eigenvalue weighted by Gasteiger charge is -2.18. The van der Waals surface area contributed by atoms with Crippen molar-refractivity contribution < 1.29 is 24.2 Å². The summed E-state index contributed by atoms with van der Waals surface area (Å²) in [7, 11) is 0. The molecule has 3 heterocycles. The van der Waals surface area contributed by atoms with Crippen molar-refractivity contribution in [2.24, 2.45) is 0 Å². The zero-order valence-electron chi connectivity index (χ0n) is 14.1. The van der Waals surface area contributed by atoms with Crippen molar-refractivity contribution in [2.75, 3.05) is 18.5 Å². The summed E-state index contributed by atoms with van der Waals surface area (Å²) in [6.45, 7) is 1.05. The first-order valence-corrected chi connectivity index (χ1v) is 8.19. The van der Waals surface area contributed by atoms with Crippen LogP contribution < -0.4 is 14.8 Å². The fraction of sp³-hybridized carbons (Fsp3) is 0.105. The highest BCUT2D eigenvalue weighted by molar-refractivity contribution is 6.02. The van der Waals surface area contributed by atoms with Crippen molar-refractivity contribution in [3.05, 3.63) is 54.9 Å². The van der Waals surface area contributed by atoms with E-state index >= 15 is 0 Å². The number of nitrogens with one attached hydrogen (secondary N) is 1. The molecule has 0 spiro atoms. The molecule has 1 amide bonds. The number of amides is 1. The fourth-order valence-corrected chi connectivity index (χ4v) is 2.74. The minimum absolute atomic E-state index is 0.515. The second-order valence-corrected chi connectivity index (χ2v) is 5.83. The highest BCUT2D eigenvalue weighted by atomic mass is 16.6. The molecule has 8 nitrogen and oxygen atoms in total. The lowest BCUT2D eigenvalue weighted by Crippen LogP contribution is -2.15. The monoisotopic (exact) mass is 365 g/mol. The Kier molecular flexibility index (Phi) is 4.21. The zero-order valence-corrected chi connectivity index (χ0v) is 14.1. The average Bonchev–Trinajstić information content (AvgIpc) is 3.09. The zero-order chi connectivity index (χ0) is 18.8. The normalized spacial score (nSPS) is 13.0. The number of pyridine rings is 1. The van der Waals surface area contributed by atoms with Crippen molar-refractivity contribution in [1.29, 1.82) is 0 Å². The Morgan fingerprint density at radius 1 is 1.07 bits per heavy atom. The third-order valence-corrected chi connectivity index (χ3v) is 3.93. The highest BCUT2D eigenvalue weighted by Gasteiger charge is 2.14. The molecule has 2 N–H and O–H groups in total. The molecule has 27 heavy (non-hydrogen) atoms. The maximum Gasteiger partial charge on any atom is 0.328 e. The van der Waals surface area contributed by atoms with Gasteiger partial charge < -0.3 is 24.3 Å². The van der Waals surface area contributed by atoms with E-state index in [1.165, 1.54) is 0 Å². The van der Waals surface area contributed by atoms with Crippen LogP contribution >= 0.6 is 0 Å². The van der Waals surface area contributed by atoms with Crippen molar-refractivity contribution >= 4 is 23.2 Å². The number of aliphatic carboxylic acids is 1. The van der Waals surface area contributed by atoms with E-state index in [1.54, 1.807) is 22.7 Å². The summed E-state index contributed by atoms with van der Waals surface area (Å²) in [4.78, 5) is 26.7. The van der Waals surface area contributed by atoms with E-state index in [-0.39, 0.29) is 0 Å². The topological polar surface area (TPSA) is 102 Å². The van der Waals surface area contributed by atoms with Gasteiger partial charge in [-0.1, -0.05) is 0 Å². The Bertz CT molecular complexity index is 1070. The SMILES string of the molecule is O=C(O)/C=C/C(=O)Nc1ccc2nc(-c3ccc4c(c3)OCCO4)cn2c1. The van der Waals surface area contributed by atoms with Gasteiger partial charge in [0.05, 0.1) is 11.4 Å². The molecule has 3 aromatic rings. The molecule has 1 aliphatic rings. The summed E-state index contributed by atoms with van der Waals surface area (Å²) in [6, 6.07) is 9.11. The third-order valence-electron chi connectivity index (χ3n) is 3.93. The van der Waals surface area contributed by atoms with Crippen LogP contribution in [0.15, 0.2) is 54.9 Å². The van der Waals surface area contributed by atoms with Crippen LogP contribution in [0.1, 0.15) is 0 Å². The Balaban J connectivity index is 1.59. The maximum absolute atomic E-state index is 11.7. The number of carboxylic acids is 1. The van der Waals surface area contributed by atoms with Crippen LogP contribution in [-0.2, 0) is 9.59 Å². The van der Waals surface area contributed by atoms with E-state index in [9.17, 15) is 9.59 Å².